The summed E-state index contributed by atoms with van der Waals surface area (Å²) in [7, 11) is 0. The van der Waals surface area contributed by atoms with Gasteiger partial charge in [0, 0.05) is 11.9 Å². The van der Waals surface area contributed by atoms with Gasteiger partial charge in [-0.15, -0.1) is 11.8 Å². The molecular weight excluding hydrogens is 232 g/mol. The predicted octanol–water partition coefficient (Wildman–Crippen LogP) is 1.92. The van der Waals surface area contributed by atoms with Gasteiger partial charge >= 0.3 is 0 Å². The van der Waals surface area contributed by atoms with E-state index in [9.17, 15) is 5.11 Å². The van der Waals surface area contributed by atoms with E-state index in [1.54, 1.807) is 11.8 Å². The molecule has 1 aromatic rings. The van der Waals surface area contributed by atoms with Crippen LogP contribution in [0.15, 0.2) is 29.4 Å². The van der Waals surface area contributed by atoms with Crippen LogP contribution in [-0.2, 0) is 0 Å². The summed E-state index contributed by atoms with van der Waals surface area (Å²) in [5.41, 5.74) is -0.114. The summed E-state index contributed by atoms with van der Waals surface area (Å²) in [5, 5.41) is 14.2. The molecule has 0 aliphatic heterocycles. The Hall–Kier alpha value is -0.580. The number of aliphatic hydroxyl groups is 1. The van der Waals surface area contributed by atoms with Crippen molar-refractivity contribution in [3.05, 3.63) is 24.4 Å². The summed E-state index contributed by atoms with van der Waals surface area (Å²) in [6.45, 7) is 3.21. The molecule has 1 heterocycles. The smallest absolute Gasteiger partial charge is 0.0960 e. The molecule has 0 amide bonds. The quantitative estimate of drug-likeness (QED) is 0.728. The van der Waals surface area contributed by atoms with Crippen LogP contribution in [0.25, 0.3) is 0 Å². The molecule has 3 nitrogen and oxygen atoms in total. The number of aliphatic hydroxyl groups excluding tert-OH is 1. The highest BCUT2D eigenvalue weighted by Gasteiger charge is 2.44. The molecule has 1 aliphatic rings. The number of hydrogen-bond acceptors (Lipinski definition) is 4. The van der Waals surface area contributed by atoms with Crippen LogP contribution in [0.4, 0.5) is 0 Å². The summed E-state index contributed by atoms with van der Waals surface area (Å²) in [5.74, 6) is 1.52. The number of nitrogens with one attached hydrogen (secondary N) is 1. The van der Waals surface area contributed by atoms with E-state index in [0.29, 0.717) is 5.92 Å². The maximum Gasteiger partial charge on any atom is 0.0960 e. The van der Waals surface area contributed by atoms with Gasteiger partial charge in [-0.25, -0.2) is 4.98 Å². The summed E-state index contributed by atoms with van der Waals surface area (Å²) < 4.78 is 0. The summed E-state index contributed by atoms with van der Waals surface area (Å²) in [6.07, 6.45) is 4.28. The SMILES string of the molecule is CCNC(CO)(CSc1ccccn1)C1CC1. The first kappa shape index (κ1) is 12.9. The number of thioether (sulfide) groups is 1. The molecule has 94 valence electrons. The van der Waals surface area contributed by atoms with E-state index in [2.05, 4.69) is 17.2 Å². The number of hydrogen-bond donors (Lipinski definition) is 2. The summed E-state index contributed by atoms with van der Waals surface area (Å²) in [4.78, 5) is 4.31. The van der Waals surface area contributed by atoms with E-state index in [1.807, 2.05) is 24.4 Å². The third kappa shape index (κ3) is 3.21. The second kappa shape index (κ2) is 5.85. The average molecular weight is 252 g/mol. The van der Waals surface area contributed by atoms with E-state index in [4.69, 9.17) is 0 Å². The van der Waals surface area contributed by atoms with Crippen LogP contribution >= 0.6 is 11.8 Å². The van der Waals surface area contributed by atoms with Crippen LogP contribution in [0, 0.1) is 5.92 Å². The number of nitrogens with zero attached hydrogens (tertiary/aromatic N) is 1. The van der Waals surface area contributed by atoms with Gasteiger partial charge in [-0.3, -0.25) is 0 Å². The van der Waals surface area contributed by atoms with Crippen LogP contribution in [0.5, 0.6) is 0 Å². The van der Waals surface area contributed by atoms with Gasteiger partial charge in [0.05, 0.1) is 17.2 Å². The Kier molecular flexibility index (Phi) is 4.42. The summed E-state index contributed by atoms with van der Waals surface area (Å²) in [6, 6.07) is 5.94. The Morgan fingerprint density at radius 3 is 2.88 bits per heavy atom. The third-order valence-corrected chi connectivity index (χ3v) is 4.48. The first-order chi connectivity index (χ1) is 8.30. The normalized spacial score (nSPS) is 18.9. The van der Waals surface area contributed by atoms with Crippen molar-refractivity contribution in [3.63, 3.8) is 0 Å². The molecule has 1 unspecified atom stereocenters. The van der Waals surface area contributed by atoms with Crippen molar-refractivity contribution in [2.45, 2.75) is 30.3 Å². The monoisotopic (exact) mass is 252 g/mol. The second-order valence-corrected chi connectivity index (χ2v) is 5.57. The highest BCUT2D eigenvalue weighted by atomic mass is 32.2. The minimum absolute atomic E-state index is 0.114. The van der Waals surface area contributed by atoms with Gasteiger partial charge in [0.25, 0.3) is 0 Å². The number of pyridine rings is 1. The Labute approximate surface area is 107 Å². The van der Waals surface area contributed by atoms with E-state index >= 15 is 0 Å². The summed E-state index contributed by atoms with van der Waals surface area (Å²) >= 11 is 1.73. The lowest BCUT2D eigenvalue weighted by atomic mass is 9.97. The average Bonchev–Trinajstić information content (AvgIpc) is 3.20. The Morgan fingerprint density at radius 1 is 1.53 bits per heavy atom. The minimum Gasteiger partial charge on any atom is -0.394 e. The van der Waals surface area contributed by atoms with E-state index < -0.39 is 0 Å². The molecule has 2 rings (SSSR count). The number of aromatic nitrogens is 1. The molecule has 0 radical (unpaired) electrons. The molecule has 0 bridgehead atoms. The van der Waals surface area contributed by atoms with Crippen LogP contribution in [-0.4, -0.2) is 34.5 Å². The fourth-order valence-electron chi connectivity index (χ4n) is 2.17. The Bertz CT molecular complexity index is 343. The molecule has 1 fully saturated rings. The maximum absolute atomic E-state index is 9.70. The van der Waals surface area contributed by atoms with Crippen molar-refractivity contribution >= 4 is 11.8 Å². The van der Waals surface area contributed by atoms with E-state index in [-0.39, 0.29) is 12.1 Å². The molecule has 1 atom stereocenters. The van der Waals surface area contributed by atoms with Gasteiger partial charge in [-0.1, -0.05) is 13.0 Å². The van der Waals surface area contributed by atoms with E-state index in [0.717, 1.165) is 17.3 Å². The zero-order valence-electron chi connectivity index (χ0n) is 10.2. The lowest BCUT2D eigenvalue weighted by molar-refractivity contribution is 0.161. The minimum atomic E-state index is -0.114. The van der Waals surface area contributed by atoms with Gasteiger partial charge in [0.1, 0.15) is 0 Å². The van der Waals surface area contributed by atoms with Crippen molar-refractivity contribution in [3.8, 4) is 0 Å². The van der Waals surface area contributed by atoms with Crippen LogP contribution in [0.3, 0.4) is 0 Å². The standard InChI is InChI=1S/C13H20N2OS/c1-2-15-13(9-16,11-6-7-11)10-17-12-5-3-4-8-14-12/h3-5,8,11,15-16H,2,6-7,9-10H2,1H3. The topological polar surface area (TPSA) is 45.1 Å². The second-order valence-electron chi connectivity index (χ2n) is 4.58. The number of rotatable bonds is 7. The molecule has 2 N–H and O–H groups in total. The van der Waals surface area contributed by atoms with Crippen LogP contribution < -0.4 is 5.32 Å². The van der Waals surface area contributed by atoms with Crippen molar-refractivity contribution in [2.24, 2.45) is 5.92 Å². The Balaban J connectivity index is 1.97. The first-order valence-electron chi connectivity index (χ1n) is 6.20. The molecule has 4 heteroatoms. The maximum atomic E-state index is 9.70. The van der Waals surface area contributed by atoms with Gasteiger partial charge < -0.3 is 10.4 Å². The molecular formula is C13H20N2OS. The zero-order chi connectivity index (χ0) is 12.1. The molecule has 1 aromatic heterocycles. The first-order valence-corrected chi connectivity index (χ1v) is 7.19. The highest BCUT2D eigenvalue weighted by molar-refractivity contribution is 7.99. The fourth-order valence-corrected chi connectivity index (χ4v) is 3.31. The van der Waals surface area contributed by atoms with Crippen molar-refractivity contribution in [2.75, 3.05) is 18.9 Å². The third-order valence-electron chi connectivity index (χ3n) is 3.29. The van der Waals surface area contributed by atoms with Gasteiger partial charge in [-0.05, 0) is 37.4 Å². The highest BCUT2D eigenvalue weighted by Crippen LogP contribution is 2.41. The molecule has 1 aliphatic carbocycles. The lowest BCUT2D eigenvalue weighted by Crippen LogP contribution is -2.52. The van der Waals surface area contributed by atoms with Gasteiger partial charge in [0.15, 0.2) is 0 Å². The molecule has 1 saturated carbocycles. The van der Waals surface area contributed by atoms with E-state index in [1.165, 1.54) is 12.8 Å². The van der Waals surface area contributed by atoms with Crippen molar-refractivity contribution < 1.29 is 5.11 Å². The van der Waals surface area contributed by atoms with Gasteiger partial charge in [-0.2, -0.15) is 0 Å². The predicted molar refractivity (Wildman–Crippen MR) is 71.2 cm³/mol. The molecule has 0 spiro atoms. The van der Waals surface area contributed by atoms with Crippen LogP contribution in [0.1, 0.15) is 19.8 Å². The molecule has 17 heavy (non-hydrogen) atoms. The molecule has 0 aromatic carbocycles. The zero-order valence-corrected chi connectivity index (χ0v) is 11.0. The fraction of sp³-hybridized carbons (Fsp3) is 0.615. The van der Waals surface area contributed by atoms with Crippen molar-refractivity contribution in [1.82, 2.24) is 10.3 Å². The van der Waals surface area contributed by atoms with Crippen LogP contribution in [0.2, 0.25) is 0 Å². The van der Waals surface area contributed by atoms with Gasteiger partial charge in [0.2, 0.25) is 0 Å². The largest absolute Gasteiger partial charge is 0.394 e. The molecule has 0 saturated heterocycles. The lowest BCUT2D eigenvalue weighted by Gasteiger charge is -2.32. The number of likely N-dealkylation sites (N-methyl/N-ethyl adjacent to an activating group) is 1. The van der Waals surface area contributed by atoms with Crippen molar-refractivity contribution in [1.29, 1.82) is 0 Å². The Morgan fingerprint density at radius 2 is 2.35 bits per heavy atom.